The Hall–Kier alpha value is -1.76. The molecule has 0 aliphatic rings. The van der Waals surface area contributed by atoms with E-state index in [2.05, 4.69) is 70.5 Å². The molecule has 0 radical (unpaired) electrons. The first-order valence-electron chi connectivity index (χ1n) is 6.68. The van der Waals surface area contributed by atoms with E-state index in [0.29, 0.717) is 6.71 Å². The summed E-state index contributed by atoms with van der Waals surface area (Å²) in [4.78, 5) is 0. The molecule has 1 heteroatoms. The van der Waals surface area contributed by atoms with Crippen LogP contribution in [0.15, 0.2) is 68.2 Å². The van der Waals surface area contributed by atoms with Gasteiger partial charge >= 0.3 is 0 Å². The van der Waals surface area contributed by atoms with Crippen LogP contribution in [0.3, 0.4) is 0 Å². The van der Waals surface area contributed by atoms with Crippen LogP contribution in [0.2, 0.25) is 6.32 Å². The zero-order valence-electron chi connectivity index (χ0n) is 12.6. The van der Waals surface area contributed by atoms with Crippen molar-refractivity contribution in [2.45, 2.75) is 27.1 Å². The highest BCUT2D eigenvalue weighted by molar-refractivity contribution is 6.80. The van der Waals surface area contributed by atoms with Gasteiger partial charge in [0.15, 0.2) is 0 Å². The minimum Gasteiger partial charge on any atom is -0.106 e. The van der Waals surface area contributed by atoms with Crippen molar-refractivity contribution < 1.29 is 0 Å². The molecule has 100 valence electrons. The van der Waals surface area contributed by atoms with Gasteiger partial charge in [-0.2, -0.15) is 0 Å². The summed E-state index contributed by atoms with van der Waals surface area (Å²) in [6, 6.07) is 8.70. The van der Waals surface area contributed by atoms with Crippen LogP contribution in [0.5, 0.6) is 0 Å². The van der Waals surface area contributed by atoms with Crippen molar-refractivity contribution in [3.63, 3.8) is 0 Å². The van der Waals surface area contributed by atoms with Crippen molar-refractivity contribution in [1.29, 1.82) is 0 Å². The van der Waals surface area contributed by atoms with Crippen molar-refractivity contribution in [3.8, 4) is 0 Å². The maximum atomic E-state index is 3.96. The third-order valence-corrected chi connectivity index (χ3v) is 3.19. The van der Waals surface area contributed by atoms with Crippen molar-refractivity contribution in [2.24, 2.45) is 0 Å². The number of hydrogen-bond donors (Lipinski definition) is 0. The molecule has 0 aromatic heterocycles. The Balaban J connectivity index is 0.00000154. The fourth-order valence-corrected chi connectivity index (χ4v) is 2.13. The van der Waals surface area contributed by atoms with E-state index in [1.807, 2.05) is 13.0 Å². The first-order valence-corrected chi connectivity index (χ1v) is 6.68. The number of benzene rings is 1. The molecular formula is C18H25B. The van der Waals surface area contributed by atoms with Gasteiger partial charge in [-0.25, -0.2) is 0 Å². The molecule has 0 atom stereocenters. The predicted molar refractivity (Wildman–Crippen MR) is 92.2 cm³/mol. The van der Waals surface area contributed by atoms with Crippen LogP contribution < -0.4 is 5.46 Å². The van der Waals surface area contributed by atoms with E-state index in [0.717, 1.165) is 11.9 Å². The van der Waals surface area contributed by atoms with E-state index in [1.165, 1.54) is 16.5 Å². The normalized spacial score (nSPS) is 10.2. The van der Waals surface area contributed by atoms with E-state index in [1.54, 1.807) is 0 Å². The Morgan fingerprint density at radius 3 is 2.05 bits per heavy atom. The Morgan fingerprint density at radius 1 is 1.21 bits per heavy atom. The van der Waals surface area contributed by atoms with Gasteiger partial charge in [-0.15, -0.1) is 13.2 Å². The molecule has 1 aromatic rings. The molecule has 0 saturated heterocycles. The van der Waals surface area contributed by atoms with Crippen molar-refractivity contribution in [1.82, 2.24) is 0 Å². The second kappa shape index (κ2) is 9.21. The highest BCUT2D eigenvalue weighted by Crippen LogP contribution is 2.12. The average Bonchev–Trinajstić information content (AvgIpc) is 2.47. The number of allylic oxidation sites excluding steroid dienone is 4. The maximum Gasteiger partial charge on any atom is 0.208 e. The molecule has 0 amide bonds. The molecule has 0 saturated carbocycles. The van der Waals surface area contributed by atoms with Crippen molar-refractivity contribution >= 4 is 17.7 Å². The van der Waals surface area contributed by atoms with Crippen LogP contribution in [0.4, 0.5) is 0 Å². The fourth-order valence-electron chi connectivity index (χ4n) is 2.13. The minimum absolute atomic E-state index is 0.455. The fraction of sp³-hybridized carbons (Fsp3) is 0.222. The number of rotatable bonds is 5. The highest BCUT2D eigenvalue weighted by Gasteiger charge is 2.16. The number of hydrogen-bond acceptors (Lipinski definition) is 0. The summed E-state index contributed by atoms with van der Waals surface area (Å²) in [5.41, 5.74) is 4.98. The summed E-state index contributed by atoms with van der Waals surface area (Å²) in [7, 11) is 0. The summed E-state index contributed by atoms with van der Waals surface area (Å²) < 4.78 is 0. The smallest absolute Gasteiger partial charge is 0.106 e. The van der Waals surface area contributed by atoms with Gasteiger partial charge in [-0.1, -0.05) is 79.3 Å². The standard InChI is InChI=1S/C16H21B.C2H4/c1-6-15(7-2)17(8-3)16-11-9-14(10-12-16)13(4)5;1-2/h6-7,9-12H,1,4,8H2,2-3,5H3;1-2H2/b15-7+;. The van der Waals surface area contributed by atoms with Crippen LogP contribution in [-0.4, -0.2) is 6.71 Å². The molecule has 1 aromatic carbocycles. The SMILES string of the molecule is C=C.C=C/C(=C\C)B(CC)c1ccc(C(=C)C)cc1. The summed E-state index contributed by atoms with van der Waals surface area (Å²) in [6.45, 7) is 20.6. The quantitative estimate of drug-likeness (QED) is 0.396. The summed E-state index contributed by atoms with van der Waals surface area (Å²) in [5, 5.41) is 0. The van der Waals surface area contributed by atoms with Gasteiger partial charge in [0.25, 0.3) is 0 Å². The van der Waals surface area contributed by atoms with E-state index in [9.17, 15) is 0 Å². The van der Waals surface area contributed by atoms with Crippen LogP contribution in [0.25, 0.3) is 5.57 Å². The first kappa shape index (κ1) is 17.2. The van der Waals surface area contributed by atoms with Gasteiger partial charge in [-0.3, -0.25) is 0 Å². The van der Waals surface area contributed by atoms with Crippen molar-refractivity contribution in [3.05, 3.63) is 73.8 Å². The first-order chi connectivity index (χ1) is 9.13. The summed E-state index contributed by atoms with van der Waals surface area (Å²) >= 11 is 0. The minimum atomic E-state index is 0.455. The van der Waals surface area contributed by atoms with Gasteiger partial charge in [0.05, 0.1) is 0 Å². The molecular weight excluding hydrogens is 227 g/mol. The van der Waals surface area contributed by atoms with E-state index >= 15 is 0 Å². The third-order valence-electron chi connectivity index (χ3n) is 3.19. The monoisotopic (exact) mass is 252 g/mol. The van der Waals surface area contributed by atoms with Crippen molar-refractivity contribution in [2.75, 3.05) is 0 Å². The highest BCUT2D eigenvalue weighted by atomic mass is 14.0. The molecule has 1 rings (SSSR count). The Kier molecular flexibility index (Phi) is 8.36. The Labute approximate surface area is 119 Å². The van der Waals surface area contributed by atoms with Gasteiger partial charge < -0.3 is 0 Å². The Bertz CT molecular complexity index is 437. The molecule has 0 nitrogen and oxygen atoms in total. The molecule has 0 fully saturated rings. The molecule has 0 bridgehead atoms. The Morgan fingerprint density at radius 2 is 1.74 bits per heavy atom. The van der Waals surface area contributed by atoms with Crippen LogP contribution >= 0.6 is 0 Å². The maximum absolute atomic E-state index is 3.96. The molecule has 0 aliphatic heterocycles. The van der Waals surface area contributed by atoms with Crippen LogP contribution in [0, 0.1) is 0 Å². The predicted octanol–water partition coefficient (Wildman–Crippen LogP) is 4.92. The lowest BCUT2D eigenvalue weighted by Gasteiger charge is -2.13. The molecule has 0 spiro atoms. The molecule has 19 heavy (non-hydrogen) atoms. The van der Waals surface area contributed by atoms with Gasteiger partial charge in [0, 0.05) is 0 Å². The largest absolute Gasteiger partial charge is 0.208 e. The molecule has 0 N–H and O–H groups in total. The second-order valence-corrected chi connectivity index (χ2v) is 4.36. The van der Waals surface area contributed by atoms with Gasteiger partial charge in [0.2, 0.25) is 6.71 Å². The lowest BCUT2D eigenvalue weighted by atomic mass is 9.38. The van der Waals surface area contributed by atoms with Gasteiger partial charge in [0.1, 0.15) is 0 Å². The lowest BCUT2D eigenvalue weighted by molar-refractivity contribution is 1.42. The van der Waals surface area contributed by atoms with E-state index in [4.69, 9.17) is 0 Å². The summed E-state index contributed by atoms with van der Waals surface area (Å²) in [5.74, 6) is 0. The molecule has 0 unspecified atom stereocenters. The van der Waals surface area contributed by atoms with Crippen LogP contribution in [-0.2, 0) is 0 Å². The van der Waals surface area contributed by atoms with Crippen LogP contribution in [0.1, 0.15) is 26.3 Å². The summed E-state index contributed by atoms with van der Waals surface area (Å²) in [6.07, 6.45) is 5.20. The molecule has 0 aliphatic carbocycles. The zero-order chi connectivity index (χ0) is 14.8. The van der Waals surface area contributed by atoms with E-state index < -0.39 is 0 Å². The molecule has 0 heterocycles. The lowest BCUT2D eigenvalue weighted by Crippen LogP contribution is -2.31. The zero-order valence-corrected chi connectivity index (χ0v) is 12.6. The topological polar surface area (TPSA) is 0 Å². The third kappa shape index (κ3) is 4.79. The van der Waals surface area contributed by atoms with Gasteiger partial charge in [-0.05, 0) is 19.4 Å². The second-order valence-electron chi connectivity index (χ2n) is 4.36. The van der Waals surface area contributed by atoms with E-state index in [-0.39, 0.29) is 0 Å². The average molecular weight is 252 g/mol.